The summed E-state index contributed by atoms with van der Waals surface area (Å²) in [7, 11) is -1.39. The maximum atomic E-state index is 12.6. The molecule has 1 saturated heterocycles. The Kier molecular flexibility index (Phi) is 3.50. The molecule has 3 rings (SSSR count). The van der Waals surface area contributed by atoms with Crippen molar-refractivity contribution >= 4 is 9.84 Å². The molecule has 0 amide bonds. The maximum Gasteiger partial charge on any atom is 0.157 e. The van der Waals surface area contributed by atoms with E-state index in [0.717, 1.165) is 24.3 Å². The number of sulfone groups is 1. The van der Waals surface area contributed by atoms with Crippen LogP contribution in [0.1, 0.15) is 36.9 Å². The van der Waals surface area contributed by atoms with Crippen molar-refractivity contribution in [2.24, 2.45) is 0 Å². The molecule has 2 aliphatic rings. The van der Waals surface area contributed by atoms with Crippen molar-refractivity contribution in [1.29, 1.82) is 0 Å². The van der Waals surface area contributed by atoms with E-state index in [-0.39, 0.29) is 16.5 Å². The Morgan fingerprint density at radius 1 is 1.30 bits per heavy atom. The molecule has 1 heterocycles. The molecule has 20 heavy (non-hydrogen) atoms. The van der Waals surface area contributed by atoms with Crippen molar-refractivity contribution in [3.05, 3.63) is 29.3 Å². The van der Waals surface area contributed by atoms with Gasteiger partial charge in [0.25, 0.3) is 0 Å². The Morgan fingerprint density at radius 2 is 2.10 bits per heavy atom. The molecular formula is C15H21NO3S. The van der Waals surface area contributed by atoms with E-state index < -0.39 is 9.84 Å². The van der Waals surface area contributed by atoms with Gasteiger partial charge in [0.15, 0.2) is 9.84 Å². The lowest BCUT2D eigenvalue weighted by Crippen LogP contribution is -2.40. The first-order valence-corrected chi connectivity index (χ1v) is 8.78. The molecule has 5 heteroatoms. The van der Waals surface area contributed by atoms with Crippen LogP contribution in [0.4, 0.5) is 0 Å². The third kappa shape index (κ3) is 2.13. The highest BCUT2D eigenvalue weighted by Gasteiger charge is 2.42. The SMILES string of the molecule is COc1ccc2c(c1)CCC1C2NCCC(C)S1(=O)=O. The Morgan fingerprint density at radius 3 is 2.85 bits per heavy atom. The number of aryl methyl sites for hydroxylation is 1. The van der Waals surface area contributed by atoms with Gasteiger partial charge in [-0.3, -0.25) is 0 Å². The summed E-state index contributed by atoms with van der Waals surface area (Å²) in [6, 6.07) is 5.90. The Bertz CT molecular complexity index is 612. The van der Waals surface area contributed by atoms with Gasteiger partial charge in [-0.15, -0.1) is 0 Å². The van der Waals surface area contributed by atoms with Gasteiger partial charge in [0, 0.05) is 6.04 Å². The van der Waals surface area contributed by atoms with Crippen LogP contribution in [-0.4, -0.2) is 32.6 Å². The van der Waals surface area contributed by atoms with Gasteiger partial charge in [-0.05, 0) is 56.0 Å². The zero-order valence-corrected chi connectivity index (χ0v) is 12.7. The number of methoxy groups -OCH3 is 1. The zero-order valence-electron chi connectivity index (χ0n) is 11.9. The Labute approximate surface area is 120 Å². The first-order chi connectivity index (χ1) is 9.54. The van der Waals surface area contributed by atoms with E-state index in [2.05, 4.69) is 5.32 Å². The summed E-state index contributed by atoms with van der Waals surface area (Å²) in [5.41, 5.74) is 2.34. The van der Waals surface area contributed by atoms with E-state index in [9.17, 15) is 8.42 Å². The van der Waals surface area contributed by atoms with Crippen molar-refractivity contribution in [2.75, 3.05) is 13.7 Å². The second kappa shape index (κ2) is 5.04. The van der Waals surface area contributed by atoms with Crippen LogP contribution in [0, 0.1) is 0 Å². The molecule has 0 saturated carbocycles. The molecule has 0 radical (unpaired) electrons. The van der Waals surface area contributed by atoms with Crippen molar-refractivity contribution in [2.45, 2.75) is 42.7 Å². The topological polar surface area (TPSA) is 55.4 Å². The van der Waals surface area contributed by atoms with Crippen LogP contribution in [0.15, 0.2) is 18.2 Å². The highest BCUT2D eigenvalue weighted by Crippen LogP contribution is 2.38. The van der Waals surface area contributed by atoms with Gasteiger partial charge in [-0.1, -0.05) is 6.07 Å². The summed E-state index contributed by atoms with van der Waals surface area (Å²) in [5.74, 6) is 0.840. The average molecular weight is 295 g/mol. The predicted octanol–water partition coefficient (Wildman–Crippen LogP) is 1.85. The molecule has 1 fully saturated rings. The largest absolute Gasteiger partial charge is 0.497 e. The van der Waals surface area contributed by atoms with Crippen LogP contribution in [0.3, 0.4) is 0 Å². The summed E-state index contributed by atoms with van der Waals surface area (Å²) in [6.07, 6.45) is 2.20. The summed E-state index contributed by atoms with van der Waals surface area (Å²) in [4.78, 5) is 0. The fourth-order valence-electron chi connectivity index (χ4n) is 3.39. The van der Waals surface area contributed by atoms with Gasteiger partial charge < -0.3 is 10.1 Å². The number of hydrogen-bond donors (Lipinski definition) is 1. The third-order valence-electron chi connectivity index (χ3n) is 4.65. The molecule has 1 aromatic carbocycles. The third-order valence-corrected chi connectivity index (χ3v) is 7.36. The van der Waals surface area contributed by atoms with Crippen LogP contribution >= 0.6 is 0 Å². The van der Waals surface area contributed by atoms with Crippen molar-refractivity contribution in [3.8, 4) is 5.75 Å². The molecule has 4 nitrogen and oxygen atoms in total. The van der Waals surface area contributed by atoms with Gasteiger partial charge in [0.2, 0.25) is 0 Å². The molecule has 1 N–H and O–H groups in total. The molecular weight excluding hydrogens is 274 g/mol. The summed E-state index contributed by atoms with van der Waals surface area (Å²) in [6.45, 7) is 2.59. The highest BCUT2D eigenvalue weighted by atomic mass is 32.2. The molecule has 1 aliphatic carbocycles. The zero-order chi connectivity index (χ0) is 14.3. The van der Waals surface area contributed by atoms with E-state index in [0.29, 0.717) is 12.8 Å². The fraction of sp³-hybridized carbons (Fsp3) is 0.600. The standard InChI is InChI=1S/C15H21NO3S/c1-10-7-8-16-15-13-5-4-12(19-2)9-11(13)3-6-14(15)20(10,17)18/h4-5,9-10,14-16H,3,6-8H2,1-2H3. The van der Waals surface area contributed by atoms with E-state index in [1.54, 1.807) is 7.11 Å². The molecule has 110 valence electrons. The molecule has 0 spiro atoms. The van der Waals surface area contributed by atoms with E-state index in [1.165, 1.54) is 5.56 Å². The first-order valence-electron chi connectivity index (χ1n) is 7.17. The minimum absolute atomic E-state index is 0.0698. The van der Waals surface area contributed by atoms with Crippen molar-refractivity contribution in [1.82, 2.24) is 5.32 Å². The normalized spacial score (nSPS) is 31.8. The van der Waals surface area contributed by atoms with Crippen LogP contribution in [-0.2, 0) is 16.3 Å². The lowest BCUT2D eigenvalue weighted by atomic mass is 9.87. The number of nitrogens with one attached hydrogen (secondary N) is 1. The molecule has 0 bridgehead atoms. The lowest BCUT2D eigenvalue weighted by Gasteiger charge is -2.33. The van der Waals surface area contributed by atoms with E-state index >= 15 is 0 Å². The number of benzene rings is 1. The first kappa shape index (κ1) is 13.9. The van der Waals surface area contributed by atoms with Crippen molar-refractivity contribution in [3.63, 3.8) is 0 Å². The van der Waals surface area contributed by atoms with Gasteiger partial charge in [0.05, 0.1) is 17.6 Å². The summed E-state index contributed by atoms with van der Waals surface area (Å²) in [5, 5.41) is 2.91. The highest BCUT2D eigenvalue weighted by molar-refractivity contribution is 7.92. The maximum absolute atomic E-state index is 12.6. The van der Waals surface area contributed by atoms with Gasteiger partial charge in [0.1, 0.15) is 5.75 Å². The van der Waals surface area contributed by atoms with Gasteiger partial charge >= 0.3 is 0 Å². The Hall–Kier alpha value is -1.07. The molecule has 3 unspecified atom stereocenters. The van der Waals surface area contributed by atoms with Crippen LogP contribution < -0.4 is 10.1 Å². The van der Waals surface area contributed by atoms with E-state index in [1.807, 2.05) is 25.1 Å². The monoisotopic (exact) mass is 295 g/mol. The molecule has 1 aliphatic heterocycles. The summed E-state index contributed by atoms with van der Waals surface area (Å²) < 4.78 is 30.5. The van der Waals surface area contributed by atoms with Crippen LogP contribution in [0.2, 0.25) is 0 Å². The molecule has 0 aromatic heterocycles. The Balaban J connectivity index is 2.04. The van der Waals surface area contributed by atoms with Crippen molar-refractivity contribution < 1.29 is 13.2 Å². The average Bonchev–Trinajstić information content (AvgIpc) is 2.56. The minimum Gasteiger partial charge on any atom is -0.497 e. The summed E-state index contributed by atoms with van der Waals surface area (Å²) >= 11 is 0. The van der Waals surface area contributed by atoms with Crippen LogP contribution in [0.5, 0.6) is 5.75 Å². The number of fused-ring (bicyclic) bond motifs is 3. The van der Waals surface area contributed by atoms with Crippen LogP contribution in [0.25, 0.3) is 0 Å². The number of hydrogen-bond acceptors (Lipinski definition) is 4. The smallest absolute Gasteiger partial charge is 0.157 e. The predicted molar refractivity (Wildman–Crippen MR) is 78.8 cm³/mol. The fourth-order valence-corrected chi connectivity index (χ4v) is 5.51. The number of rotatable bonds is 1. The minimum atomic E-state index is -3.05. The second-order valence-corrected chi connectivity index (χ2v) is 8.35. The molecule has 1 aromatic rings. The van der Waals surface area contributed by atoms with Gasteiger partial charge in [-0.2, -0.15) is 0 Å². The van der Waals surface area contributed by atoms with Gasteiger partial charge in [-0.25, -0.2) is 8.42 Å². The second-order valence-electron chi connectivity index (χ2n) is 5.76. The quantitative estimate of drug-likeness (QED) is 0.859. The molecule has 3 atom stereocenters. The lowest BCUT2D eigenvalue weighted by molar-refractivity contribution is 0.411. The number of ether oxygens (including phenoxy) is 1. The van der Waals surface area contributed by atoms with E-state index in [4.69, 9.17) is 4.74 Å².